The highest BCUT2D eigenvalue weighted by atomic mass is 16.3. The summed E-state index contributed by atoms with van der Waals surface area (Å²) in [5, 5.41) is 18.4. The van der Waals surface area contributed by atoms with Crippen molar-refractivity contribution in [1.29, 1.82) is 5.26 Å². The lowest BCUT2D eigenvalue weighted by atomic mass is 10.00. The smallest absolute Gasteiger partial charge is 0.196 e. The van der Waals surface area contributed by atoms with Gasteiger partial charge >= 0.3 is 0 Å². The summed E-state index contributed by atoms with van der Waals surface area (Å²) >= 11 is 0. The average molecular weight is 237 g/mol. The zero-order valence-electron chi connectivity index (χ0n) is 9.84. The number of nitriles is 1. The van der Waals surface area contributed by atoms with Gasteiger partial charge in [-0.05, 0) is 43.3 Å². The van der Waals surface area contributed by atoms with E-state index in [1.807, 2.05) is 13.0 Å². The molecule has 3 nitrogen and oxygen atoms in total. The Balaban J connectivity index is 2.41. The minimum absolute atomic E-state index is 0.0324. The van der Waals surface area contributed by atoms with Crippen molar-refractivity contribution in [2.75, 3.05) is 0 Å². The maximum absolute atomic E-state index is 12.2. The van der Waals surface area contributed by atoms with Crippen molar-refractivity contribution in [2.45, 2.75) is 6.92 Å². The fraction of sp³-hybridized carbons (Fsp3) is 0.0667. The number of aromatic hydroxyl groups is 1. The predicted molar refractivity (Wildman–Crippen MR) is 67.4 cm³/mol. The predicted octanol–water partition coefficient (Wildman–Crippen LogP) is 2.80. The molecule has 18 heavy (non-hydrogen) atoms. The summed E-state index contributed by atoms with van der Waals surface area (Å²) in [6.07, 6.45) is 0. The molecule has 2 aromatic carbocycles. The summed E-state index contributed by atoms with van der Waals surface area (Å²) < 4.78 is 0. The molecule has 0 saturated heterocycles. The zero-order valence-corrected chi connectivity index (χ0v) is 9.84. The van der Waals surface area contributed by atoms with Crippen LogP contribution in [0.15, 0.2) is 42.5 Å². The third-order valence-corrected chi connectivity index (χ3v) is 2.67. The third-order valence-electron chi connectivity index (χ3n) is 2.67. The molecule has 0 amide bonds. The van der Waals surface area contributed by atoms with E-state index in [2.05, 4.69) is 0 Å². The van der Waals surface area contributed by atoms with E-state index < -0.39 is 0 Å². The van der Waals surface area contributed by atoms with E-state index in [0.29, 0.717) is 11.1 Å². The summed E-state index contributed by atoms with van der Waals surface area (Å²) in [5.41, 5.74) is 2.14. The molecular weight excluding hydrogens is 226 g/mol. The van der Waals surface area contributed by atoms with Crippen LogP contribution < -0.4 is 0 Å². The van der Waals surface area contributed by atoms with Crippen LogP contribution in [0.2, 0.25) is 0 Å². The number of ketones is 1. The molecule has 0 spiro atoms. The molecular formula is C15H11NO2. The van der Waals surface area contributed by atoms with Crippen LogP contribution in [0.25, 0.3) is 0 Å². The molecule has 88 valence electrons. The Labute approximate surface area is 105 Å². The Bertz CT molecular complexity index is 637. The molecule has 0 radical (unpaired) electrons. The van der Waals surface area contributed by atoms with Gasteiger partial charge in [0.25, 0.3) is 0 Å². The Morgan fingerprint density at radius 1 is 1.17 bits per heavy atom. The molecule has 2 rings (SSSR count). The summed E-state index contributed by atoms with van der Waals surface area (Å²) in [6.45, 7) is 1.86. The maximum atomic E-state index is 12.2. The topological polar surface area (TPSA) is 61.1 Å². The van der Waals surface area contributed by atoms with Crippen molar-refractivity contribution < 1.29 is 9.90 Å². The first-order valence-corrected chi connectivity index (χ1v) is 5.46. The summed E-state index contributed by atoms with van der Waals surface area (Å²) in [7, 11) is 0. The molecule has 0 aliphatic heterocycles. The second-order valence-corrected chi connectivity index (χ2v) is 4.04. The molecule has 0 aliphatic rings. The fourth-order valence-corrected chi connectivity index (χ4v) is 1.68. The summed E-state index contributed by atoms with van der Waals surface area (Å²) in [6, 6.07) is 13.2. The first kappa shape index (κ1) is 11.9. The van der Waals surface area contributed by atoms with Crippen LogP contribution in [0.1, 0.15) is 27.0 Å². The second-order valence-electron chi connectivity index (χ2n) is 4.04. The Morgan fingerprint density at radius 3 is 2.44 bits per heavy atom. The average Bonchev–Trinajstić information content (AvgIpc) is 2.41. The quantitative estimate of drug-likeness (QED) is 0.817. The van der Waals surface area contributed by atoms with Gasteiger partial charge in [0.15, 0.2) is 5.78 Å². The number of hydrogen-bond acceptors (Lipinski definition) is 3. The number of rotatable bonds is 2. The molecule has 2 aromatic rings. The van der Waals surface area contributed by atoms with Gasteiger partial charge in [0, 0.05) is 5.56 Å². The Hall–Kier alpha value is -2.60. The number of nitrogens with zero attached hydrogens (tertiary/aromatic N) is 1. The molecule has 0 aliphatic carbocycles. The van der Waals surface area contributed by atoms with E-state index in [1.54, 1.807) is 36.4 Å². The lowest BCUT2D eigenvalue weighted by Gasteiger charge is -2.05. The molecule has 0 saturated carbocycles. The highest BCUT2D eigenvalue weighted by Gasteiger charge is 2.13. The van der Waals surface area contributed by atoms with Crippen molar-refractivity contribution >= 4 is 5.78 Å². The van der Waals surface area contributed by atoms with Crippen molar-refractivity contribution in [2.24, 2.45) is 0 Å². The lowest BCUT2D eigenvalue weighted by molar-refractivity contribution is 0.103. The Morgan fingerprint density at radius 2 is 1.83 bits per heavy atom. The minimum Gasteiger partial charge on any atom is -0.507 e. The van der Waals surface area contributed by atoms with E-state index in [1.165, 1.54) is 6.07 Å². The number of carbonyl (C=O) groups is 1. The van der Waals surface area contributed by atoms with Crippen LogP contribution in [0.4, 0.5) is 0 Å². The molecule has 0 atom stereocenters. The first-order valence-electron chi connectivity index (χ1n) is 5.46. The van der Waals surface area contributed by atoms with Gasteiger partial charge in [-0.3, -0.25) is 4.79 Å². The number of hydrogen-bond donors (Lipinski definition) is 1. The Kier molecular flexibility index (Phi) is 3.11. The van der Waals surface area contributed by atoms with Gasteiger partial charge in [-0.2, -0.15) is 5.26 Å². The van der Waals surface area contributed by atoms with Gasteiger partial charge in [-0.15, -0.1) is 0 Å². The van der Waals surface area contributed by atoms with E-state index in [4.69, 9.17) is 5.26 Å². The minimum atomic E-state index is -0.249. The monoisotopic (exact) mass is 237 g/mol. The summed E-state index contributed by atoms with van der Waals surface area (Å²) in [4.78, 5) is 12.2. The van der Waals surface area contributed by atoms with Crippen LogP contribution in [0, 0.1) is 18.3 Å². The van der Waals surface area contributed by atoms with Crippen LogP contribution in [0.5, 0.6) is 5.75 Å². The van der Waals surface area contributed by atoms with E-state index in [-0.39, 0.29) is 17.1 Å². The number of benzene rings is 2. The molecule has 0 bridgehead atoms. The normalized spacial score (nSPS) is 9.78. The summed E-state index contributed by atoms with van der Waals surface area (Å²) in [5.74, 6) is -0.282. The van der Waals surface area contributed by atoms with Gasteiger partial charge in [0.1, 0.15) is 5.75 Å². The van der Waals surface area contributed by atoms with Crippen molar-refractivity contribution in [3.05, 3.63) is 64.7 Å². The SMILES string of the molecule is Cc1ccc(O)c(C(=O)c2ccc(C#N)cc2)c1. The number of carbonyl (C=O) groups excluding carboxylic acids is 1. The van der Waals surface area contributed by atoms with Crippen LogP contribution >= 0.6 is 0 Å². The number of phenolic OH excluding ortho intramolecular Hbond substituents is 1. The van der Waals surface area contributed by atoms with Crippen LogP contribution in [-0.4, -0.2) is 10.9 Å². The van der Waals surface area contributed by atoms with Gasteiger partial charge < -0.3 is 5.11 Å². The first-order chi connectivity index (χ1) is 8.61. The van der Waals surface area contributed by atoms with Crippen LogP contribution in [0.3, 0.4) is 0 Å². The maximum Gasteiger partial charge on any atom is 0.196 e. The fourth-order valence-electron chi connectivity index (χ4n) is 1.68. The highest BCUT2D eigenvalue weighted by Crippen LogP contribution is 2.21. The third kappa shape index (κ3) is 2.23. The standard InChI is InChI=1S/C15H11NO2/c1-10-2-7-14(17)13(8-10)15(18)12-5-3-11(9-16)4-6-12/h2-8,17H,1H3. The molecule has 1 N–H and O–H groups in total. The van der Waals surface area contributed by atoms with E-state index in [9.17, 15) is 9.90 Å². The number of phenols is 1. The van der Waals surface area contributed by atoms with E-state index in [0.717, 1.165) is 5.56 Å². The van der Waals surface area contributed by atoms with Crippen LogP contribution in [-0.2, 0) is 0 Å². The lowest BCUT2D eigenvalue weighted by Crippen LogP contribution is -2.02. The number of aryl methyl sites for hydroxylation is 1. The molecule has 0 heterocycles. The molecule has 0 unspecified atom stereocenters. The van der Waals surface area contributed by atoms with Crippen molar-refractivity contribution in [3.63, 3.8) is 0 Å². The molecule has 3 heteroatoms. The van der Waals surface area contributed by atoms with E-state index >= 15 is 0 Å². The van der Waals surface area contributed by atoms with Gasteiger partial charge in [0.05, 0.1) is 17.2 Å². The molecule has 0 fully saturated rings. The van der Waals surface area contributed by atoms with Crippen molar-refractivity contribution in [1.82, 2.24) is 0 Å². The largest absolute Gasteiger partial charge is 0.507 e. The van der Waals surface area contributed by atoms with Gasteiger partial charge in [-0.25, -0.2) is 0 Å². The molecule has 0 aromatic heterocycles. The van der Waals surface area contributed by atoms with Crippen molar-refractivity contribution in [3.8, 4) is 11.8 Å². The zero-order chi connectivity index (χ0) is 13.1. The van der Waals surface area contributed by atoms with Gasteiger partial charge in [0.2, 0.25) is 0 Å². The second kappa shape index (κ2) is 4.72. The highest BCUT2D eigenvalue weighted by molar-refractivity contribution is 6.10. The van der Waals surface area contributed by atoms with Gasteiger partial charge in [-0.1, -0.05) is 11.6 Å².